The zero-order chi connectivity index (χ0) is 19.0. The number of carbonyl (C=O) groups is 2. The van der Waals surface area contributed by atoms with Gasteiger partial charge in [0.25, 0.3) is 5.91 Å². The van der Waals surface area contributed by atoms with Gasteiger partial charge in [-0.05, 0) is 67.3 Å². The van der Waals surface area contributed by atoms with E-state index in [2.05, 4.69) is 4.90 Å². The molecular formula is C21H21FN2O3. The van der Waals surface area contributed by atoms with Gasteiger partial charge in [-0.15, -0.1) is 0 Å². The molecule has 0 radical (unpaired) electrons. The lowest BCUT2D eigenvalue weighted by molar-refractivity contribution is 0.0689. The highest BCUT2D eigenvalue weighted by Gasteiger charge is 2.31. The number of piperidine rings is 1. The average molecular weight is 368 g/mol. The lowest BCUT2D eigenvalue weighted by Crippen LogP contribution is -2.46. The Morgan fingerprint density at radius 2 is 1.63 bits per heavy atom. The van der Waals surface area contributed by atoms with Crippen LogP contribution in [0, 0.1) is 5.82 Å². The molecule has 27 heavy (non-hydrogen) atoms. The Kier molecular flexibility index (Phi) is 4.56. The molecule has 0 aromatic heterocycles. The fraction of sp³-hybridized carbons (Fsp3) is 0.333. The maximum Gasteiger partial charge on any atom is 0.335 e. The predicted octanol–water partition coefficient (Wildman–Crippen LogP) is 3.19. The van der Waals surface area contributed by atoms with Crippen LogP contribution in [0.25, 0.3) is 0 Å². The van der Waals surface area contributed by atoms with Gasteiger partial charge < -0.3 is 14.9 Å². The number of hydrogen-bond acceptors (Lipinski definition) is 3. The first-order chi connectivity index (χ1) is 13.0. The molecule has 0 atom stereocenters. The number of aromatic carboxylic acids is 1. The van der Waals surface area contributed by atoms with Crippen LogP contribution in [-0.2, 0) is 6.42 Å². The van der Waals surface area contributed by atoms with Gasteiger partial charge in [0, 0.05) is 36.9 Å². The van der Waals surface area contributed by atoms with Crippen molar-refractivity contribution < 1.29 is 19.1 Å². The molecule has 2 heterocycles. The molecule has 1 saturated heterocycles. The number of likely N-dealkylation sites (tertiary alicyclic amines) is 1. The van der Waals surface area contributed by atoms with Crippen LogP contribution in [0.1, 0.15) is 39.1 Å². The Labute approximate surface area is 157 Å². The van der Waals surface area contributed by atoms with Crippen LogP contribution in [0.3, 0.4) is 0 Å². The number of nitrogens with zero attached hydrogens (tertiary/aromatic N) is 2. The highest BCUT2D eigenvalue weighted by molar-refractivity contribution is 5.96. The third-order valence-corrected chi connectivity index (χ3v) is 5.54. The van der Waals surface area contributed by atoms with E-state index in [0.29, 0.717) is 24.7 Å². The second-order valence-electron chi connectivity index (χ2n) is 7.12. The maximum absolute atomic E-state index is 13.4. The fourth-order valence-corrected chi connectivity index (χ4v) is 4.09. The Balaban J connectivity index is 1.39. The van der Waals surface area contributed by atoms with E-state index in [-0.39, 0.29) is 17.3 Å². The Morgan fingerprint density at radius 3 is 2.30 bits per heavy atom. The van der Waals surface area contributed by atoms with E-state index in [1.165, 1.54) is 18.2 Å². The summed E-state index contributed by atoms with van der Waals surface area (Å²) >= 11 is 0. The van der Waals surface area contributed by atoms with Crippen LogP contribution in [0.2, 0.25) is 0 Å². The summed E-state index contributed by atoms with van der Waals surface area (Å²) in [5.74, 6) is -1.25. The Bertz CT molecular complexity index is 873. The van der Waals surface area contributed by atoms with Gasteiger partial charge in [-0.3, -0.25) is 4.79 Å². The second-order valence-corrected chi connectivity index (χ2v) is 7.12. The topological polar surface area (TPSA) is 60.9 Å². The minimum atomic E-state index is -0.999. The number of benzene rings is 2. The molecule has 2 aliphatic heterocycles. The molecule has 1 N–H and O–H groups in total. The summed E-state index contributed by atoms with van der Waals surface area (Å²) in [5.41, 5.74) is 2.87. The predicted molar refractivity (Wildman–Crippen MR) is 99.8 cm³/mol. The highest BCUT2D eigenvalue weighted by atomic mass is 19.1. The van der Waals surface area contributed by atoms with Crippen molar-refractivity contribution in [1.29, 1.82) is 0 Å². The summed E-state index contributed by atoms with van der Waals surface area (Å²) in [4.78, 5) is 27.8. The third-order valence-electron chi connectivity index (χ3n) is 5.54. The molecule has 0 unspecified atom stereocenters. The number of rotatable bonds is 3. The van der Waals surface area contributed by atoms with Gasteiger partial charge in [-0.1, -0.05) is 0 Å². The minimum Gasteiger partial charge on any atom is -0.478 e. The van der Waals surface area contributed by atoms with Crippen LogP contribution >= 0.6 is 0 Å². The van der Waals surface area contributed by atoms with E-state index >= 15 is 0 Å². The summed E-state index contributed by atoms with van der Waals surface area (Å²) in [6.07, 6.45) is 2.60. The molecule has 0 saturated carbocycles. The molecule has 2 aromatic carbocycles. The Hall–Kier alpha value is -2.89. The van der Waals surface area contributed by atoms with Crippen LogP contribution in [0.4, 0.5) is 10.1 Å². The van der Waals surface area contributed by atoms with Gasteiger partial charge in [-0.2, -0.15) is 0 Å². The molecule has 1 fully saturated rings. The van der Waals surface area contributed by atoms with Crippen molar-refractivity contribution >= 4 is 17.6 Å². The molecule has 1 amide bonds. The number of hydrogen-bond donors (Lipinski definition) is 1. The summed E-state index contributed by atoms with van der Waals surface area (Å²) in [6, 6.07) is 11.4. The summed E-state index contributed by atoms with van der Waals surface area (Å²) < 4.78 is 13.4. The number of anilines is 1. The summed E-state index contributed by atoms with van der Waals surface area (Å²) in [6.45, 7) is 2.22. The molecule has 5 nitrogen and oxygen atoms in total. The lowest BCUT2D eigenvalue weighted by atomic mass is 10.0. The number of halogens is 1. The van der Waals surface area contributed by atoms with Gasteiger partial charge in [0.1, 0.15) is 5.82 Å². The van der Waals surface area contributed by atoms with Crippen molar-refractivity contribution in [3.8, 4) is 0 Å². The van der Waals surface area contributed by atoms with E-state index in [1.807, 2.05) is 11.0 Å². The maximum atomic E-state index is 13.4. The lowest BCUT2D eigenvalue weighted by Gasteiger charge is -2.38. The second kappa shape index (κ2) is 7.02. The summed E-state index contributed by atoms with van der Waals surface area (Å²) in [7, 11) is 0. The monoisotopic (exact) mass is 368 g/mol. The fourth-order valence-electron chi connectivity index (χ4n) is 4.09. The largest absolute Gasteiger partial charge is 0.478 e. The van der Waals surface area contributed by atoms with E-state index in [4.69, 9.17) is 5.11 Å². The van der Waals surface area contributed by atoms with Crippen LogP contribution in [0.5, 0.6) is 0 Å². The number of fused-ring (bicyclic) bond motifs is 1. The van der Waals surface area contributed by atoms with Gasteiger partial charge in [0.2, 0.25) is 0 Å². The molecule has 0 spiro atoms. The van der Waals surface area contributed by atoms with Gasteiger partial charge >= 0.3 is 5.97 Å². The van der Waals surface area contributed by atoms with Crippen LogP contribution < -0.4 is 4.90 Å². The van der Waals surface area contributed by atoms with Gasteiger partial charge in [0.05, 0.1) is 5.56 Å². The van der Waals surface area contributed by atoms with Crippen LogP contribution in [0.15, 0.2) is 42.5 Å². The van der Waals surface area contributed by atoms with Crippen molar-refractivity contribution in [2.45, 2.75) is 25.3 Å². The van der Waals surface area contributed by atoms with Crippen LogP contribution in [-0.4, -0.2) is 47.6 Å². The quantitative estimate of drug-likeness (QED) is 0.904. The molecule has 2 aromatic rings. The molecule has 2 aliphatic rings. The van der Waals surface area contributed by atoms with Gasteiger partial charge in [-0.25, -0.2) is 9.18 Å². The number of carboxylic acids is 1. The van der Waals surface area contributed by atoms with Crippen molar-refractivity contribution in [3.63, 3.8) is 0 Å². The first-order valence-corrected chi connectivity index (χ1v) is 9.20. The molecule has 4 rings (SSSR count). The van der Waals surface area contributed by atoms with Crippen molar-refractivity contribution in [2.75, 3.05) is 24.5 Å². The van der Waals surface area contributed by atoms with E-state index in [0.717, 1.165) is 37.1 Å². The molecule has 140 valence electrons. The molecule has 6 heteroatoms. The molecular weight excluding hydrogens is 347 g/mol. The van der Waals surface area contributed by atoms with Crippen molar-refractivity contribution in [2.24, 2.45) is 0 Å². The molecule has 0 aliphatic carbocycles. The first kappa shape index (κ1) is 17.5. The Morgan fingerprint density at radius 1 is 0.963 bits per heavy atom. The number of carbonyl (C=O) groups excluding carboxylic acids is 1. The van der Waals surface area contributed by atoms with E-state index in [9.17, 15) is 14.0 Å². The van der Waals surface area contributed by atoms with Crippen molar-refractivity contribution in [3.05, 3.63) is 65.0 Å². The van der Waals surface area contributed by atoms with E-state index in [1.54, 1.807) is 18.2 Å². The zero-order valence-corrected chi connectivity index (χ0v) is 14.9. The summed E-state index contributed by atoms with van der Waals surface area (Å²) in [5, 5.41) is 8.96. The highest BCUT2D eigenvalue weighted by Crippen LogP contribution is 2.33. The SMILES string of the molecule is O=C(O)c1ccc(C(=O)N2CCC(N3CCc4cc(F)ccc43)CC2)cc1. The average Bonchev–Trinajstić information content (AvgIpc) is 3.10. The normalized spacial score (nSPS) is 17.1. The van der Waals surface area contributed by atoms with E-state index < -0.39 is 5.97 Å². The van der Waals surface area contributed by atoms with Gasteiger partial charge in [0.15, 0.2) is 0 Å². The number of amides is 1. The first-order valence-electron chi connectivity index (χ1n) is 9.20. The zero-order valence-electron chi connectivity index (χ0n) is 14.9. The van der Waals surface area contributed by atoms with Crippen molar-refractivity contribution in [1.82, 2.24) is 4.90 Å². The molecule has 0 bridgehead atoms. The smallest absolute Gasteiger partial charge is 0.335 e. The minimum absolute atomic E-state index is 0.0609. The standard InChI is InChI=1S/C21H21FN2O3/c22-17-5-6-19-16(13-17)7-12-24(19)18-8-10-23(11-9-18)20(25)14-1-3-15(4-2-14)21(26)27/h1-6,13,18H,7-12H2,(H,26,27). The number of carboxylic acid groups (broad SMARTS) is 1. The third kappa shape index (κ3) is 3.39.